The van der Waals surface area contributed by atoms with E-state index in [4.69, 9.17) is 0 Å². The fourth-order valence-corrected chi connectivity index (χ4v) is 4.67. The molecule has 0 aliphatic heterocycles. The summed E-state index contributed by atoms with van der Waals surface area (Å²) in [6.07, 6.45) is 3.27. The fourth-order valence-electron chi connectivity index (χ4n) is 1.94. The molecule has 2 rings (SSSR count). The van der Waals surface area contributed by atoms with Gasteiger partial charge in [-0.3, -0.25) is 4.98 Å². The Morgan fingerprint density at radius 1 is 1.30 bits per heavy atom. The summed E-state index contributed by atoms with van der Waals surface area (Å²) in [4.78, 5) is 4.31. The maximum Gasteiger partial charge on any atom is 0.241 e. The lowest BCUT2D eigenvalue weighted by molar-refractivity contribution is 0.484. The van der Waals surface area contributed by atoms with Crippen LogP contribution < -0.4 is 4.72 Å². The van der Waals surface area contributed by atoms with Crippen LogP contribution in [-0.4, -0.2) is 24.8 Å². The molecule has 1 unspecified atom stereocenters. The van der Waals surface area contributed by atoms with E-state index in [1.54, 1.807) is 30.6 Å². The van der Waals surface area contributed by atoms with Crippen molar-refractivity contribution in [3.63, 3.8) is 0 Å². The largest absolute Gasteiger partial charge is 0.264 e. The van der Waals surface area contributed by atoms with Crippen LogP contribution in [0.15, 0.2) is 41.6 Å². The van der Waals surface area contributed by atoms with E-state index in [-0.39, 0.29) is 12.0 Å². The van der Waals surface area contributed by atoms with Crippen molar-refractivity contribution in [2.24, 2.45) is 5.92 Å². The van der Waals surface area contributed by atoms with Crippen LogP contribution in [0.2, 0.25) is 0 Å². The zero-order chi connectivity index (χ0) is 14.8. The van der Waals surface area contributed by atoms with Gasteiger partial charge in [-0.25, -0.2) is 13.1 Å². The number of pyridine rings is 1. The minimum Gasteiger partial charge on any atom is -0.264 e. The summed E-state index contributed by atoms with van der Waals surface area (Å²) in [6, 6.07) is 6.79. The third kappa shape index (κ3) is 3.19. The third-order valence-corrected chi connectivity index (χ3v) is 5.45. The topological polar surface area (TPSA) is 59.1 Å². The van der Waals surface area contributed by atoms with Gasteiger partial charge in [0.25, 0.3) is 0 Å². The van der Waals surface area contributed by atoms with E-state index in [9.17, 15) is 8.42 Å². The Labute approximate surface area is 127 Å². The Morgan fingerprint density at radius 2 is 2.05 bits per heavy atom. The molecule has 0 saturated heterocycles. The standard InChI is InChI=1S/C14H17BrN2O2S/c1-10(2)13(8-15)17-20(18,19)14-5-3-4-11-9-16-7-6-12(11)14/h3-7,9-10,13,17H,8H2,1-2H3. The molecule has 0 aliphatic rings. The molecular weight excluding hydrogens is 340 g/mol. The van der Waals surface area contributed by atoms with Crippen molar-refractivity contribution < 1.29 is 8.42 Å². The second-order valence-corrected chi connectivity index (χ2v) is 7.31. The molecule has 1 atom stereocenters. The van der Waals surface area contributed by atoms with Gasteiger partial charge in [0.2, 0.25) is 10.0 Å². The van der Waals surface area contributed by atoms with Gasteiger partial charge in [0.05, 0.1) is 4.90 Å². The van der Waals surface area contributed by atoms with E-state index < -0.39 is 10.0 Å². The summed E-state index contributed by atoms with van der Waals surface area (Å²) in [7, 11) is -3.55. The van der Waals surface area contributed by atoms with E-state index in [0.29, 0.717) is 15.6 Å². The predicted octanol–water partition coefficient (Wildman–Crippen LogP) is 2.93. The second-order valence-electron chi connectivity index (χ2n) is 4.98. The molecule has 20 heavy (non-hydrogen) atoms. The molecule has 0 saturated carbocycles. The maximum absolute atomic E-state index is 12.6. The number of hydrogen-bond donors (Lipinski definition) is 1. The van der Waals surface area contributed by atoms with Crippen LogP contribution in [0.25, 0.3) is 10.8 Å². The first-order valence-corrected chi connectivity index (χ1v) is 8.97. The predicted molar refractivity (Wildman–Crippen MR) is 84.5 cm³/mol. The van der Waals surface area contributed by atoms with Gasteiger partial charge in [-0.1, -0.05) is 41.9 Å². The summed E-state index contributed by atoms with van der Waals surface area (Å²) in [5.41, 5.74) is 0. The molecule has 0 aliphatic carbocycles. The molecule has 0 fully saturated rings. The van der Waals surface area contributed by atoms with Gasteiger partial charge in [-0.15, -0.1) is 0 Å². The van der Waals surface area contributed by atoms with Crippen molar-refractivity contribution in [3.05, 3.63) is 36.7 Å². The van der Waals surface area contributed by atoms with E-state index in [2.05, 4.69) is 25.6 Å². The first kappa shape index (κ1) is 15.4. The average Bonchev–Trinajstić information content (AvgIpc) is 2.43. The van der Waals surface area contributed by atoms with Crippen LogP contribution in [0.1, 0.15) is 13.8 Å². The molecule has 108 valence electrons. The van der Waals surface area contributed by atoms with Gasteiger partial charge in [-0.05, 0) is 18.1 Å². The molecule has 0 bridgehead atoms. The van der Waals surface area contributed by atoms with E-state index in [0.717, 1.165) is 5.39 Å². The van der Waals surface area contributed by atoms with Gasteiger partial charge in [0.15, 0.2) is 0 Å². The number of alkyl halides is 1. The minimum atomic E-state index is -3.55. The molecule has 0 amide bonds. The van der Waals surface area contributed by atoms with Crippen molar-refractivity contribution in [1.82, 2.24) is 9.71 Å². The fraction of sp³-hybridized carbons (Fsp3) is 0.357. The van der Waals surface area contributed by atoms with E-state index in [1.807, 2.05) is 19.9 Å². The average molecular weight is 357 g/mol. The number of aromatic nitrogens is 1. The Hall–Kier alpha value is -0.980. The zero-order valence-corrected chi connectivity index (χ0v) is 13.8. The monoisotopic (exact) mass is 356 g/mol. The van der Waals surface area contributed by atoms with Crippen molar-refractivity contribution in [2.75, 3.05) is 5.33 Å². The van der Waals surface area contributed by atoms with Gasteiger partial charge in [-0.2, -0.15) is 0 Å². The smallest absolute Gasteiger partial charge is 0.241 e. The lowest BCUT2D eigenvalue weighted by Gasteiger charge is -2.20. The number of halogens is 1. The highest BCUT2D eigenvalue weighted by atomic mass is 79.9. The summed E-state index contributed by atoms with van der Waals surface area (Å²) < 4.78 is 27.9. The van der Waals surface area contributed by atoms with E-state index in [1.165, 1.54) is 0 Å². The van der Waals surface area contributed by atoms with Crippen molar-refractivity contribution in [3.8, 4) is 0 Å². The van der Waals surface area contributed by atoms with Crippen LogP contribution in [0.3, 0.4) is 0 Å². The van der Waals surface area contributed by atoms with E-state index >= 15 is 0 Å². The first-order chi connectivity index (χ1) is 9.45. The van der Waals surface area contributed by atoms with Crippen LogP contribution >= 0.6 is 15.9 Å². The quantitative estimate of drug-likeness (QED) is 0.837. The third-order valence-electron chi connectivity index (χ3n) is 3.21. The molecule has 1 aromatic carbocycles. The number of hydrogen-bond acceptors (Lipinski definition) is 3. The number of rotatable bonds is 5. The number of sulfonamides is 1. The Bertz CT molecular complexity index is 696. The molecule has 4 nitrogen and oxygen atoms in total. The Morgan fingerprint density at radius 3 is 2.70 bits per heavy atom. The molecule has 0 spiro atoms. The summed E-state index contributed by atoms with van der Waals surface area (Å²) >= 11 is 3.35. The van der Waals surface area contributed by atoms with Crippen LogP contribution in [0, 0.1) is 5.92 Å². The molecule has 1 aromatic heterocycles. The number of nitrogens with zero attached hydrogens (tertiary/aromatic N) is 1. The first-order valence-electron chi connectivity index (χ1n) is 6.36. The number of nitrogens with one attached hydrogen (secondary N) is 1. The van der Waals surface area contributed by atoms with Gasteiger partial charge < -0.3 is 0 Å². The molecule has 0 radical (unpaired) electrons. The van der Waals surface area contributed by atoms with Crippen LogP contribution in [0.4, 0.5) is 0 Å². The molecule has 1 N–H and O–H groups in total. The Kier molecular flexibility index (Phi) is 4.78. The Balaban J connectivity index is 2.47. The highest BCUT2D eigenvalue weighted by Crippen LogP contribution is 2.22. The lowest BCUT2D eigenvalue weighted by Crippen LogP contribution is -2.39. The maximum atomic E-state index is 12.6. The molecule has 1 heterocycles. The zero-order valence-electron chi connectivity index (χ0n) is 11.4. The summed E-state index contributed by atoms with van der Waals surface area (Å²) in [5, 5.41) is 2.08. The normalized spacial score (nSPS) is 13.8. The number of fused-ring (bicyclic) bond motifs is 1. The summed E-state index contributed by atoms with van der Waals surface area (Å²) in [5.74, 6) is 0.209. The lowest BCUT2D eigenvalue weighted by atomic mass is 10.1. The number of benzene rings is 1. The SMILES string of the molecule is CC(C)C(CBr)NS(=O)(=O)c1cccc2cnccc12. The van der Waals surface area contributed by atoms with Crippen molar-refractivity contribution in [1.29, 1.82) is 0 Å². The van der Waals surface area contributed by atoms with Crippen LogP contribution in [-0.2, 0) is 10.0 Å². The highest BCUT2D eigenvalue weighted by molar-refractivity contribution is 9.09. The molecule has 6 heteroatoms. The highest BCUT2D eigenvalue weighted by Gasteiger charge is 2.23. The van der Waals surface area contributed by atoms with Crippen molar-refractivity contribution in [2.45, 2.75) is 24.8 Å². The molecular formula is C14H17BrN2O2S. The van der Waals surface area contributed by atoms with Crippen LogP contribution in [0.5, 0.6) is 0 Å². The van der Waals surface area contributed by atoms with Crippen molar-refractivity contribution >= 4 is 36.7 Å². The van der Waals surface area contributed by atoms with Gasteiger partial charge >= 0.3 is 0 Å². The molecule has 2 aromatic rings. The summed E-state index contributed by atoms with van der Waals surface area (Å²) in [6.45, 7) is 3.98. The van der Waals surface area contributed by atoms with Gasteiger partial charge in [0.1, 0.15) is 0 Å². The second kappa shape index (κ2) is 6.20. The van der Waals surface area contributed by atoms with Gasteiger partial charge in [0, 0.05) is 34.5 Å². The minimum absolute atomic E-state index is 0.142.